The smallest absolute Gasteiger partial charge is 0.292 e. The minimum absolute atomic E-state index is 0.262. The number of carbonyl (C=O) groups excluding carboxylic acids is 1. The first-order valence-corrected chi connectivity index (χ1v) is 7.66. The van der Waals surface area contributed by atoms with Crippen LogP contribution in [0.2, 0.25) is 0 Å². The van der Waals surface area contributed by atoms with E-state index in [0.717, 1.165) is 16.8 Å². The van der Waals surface area contributed by atoms with E-state index < -0.39 is 28.3 Å². The molecule has 9 heteroatoms. The normalized spacial score (nSPS) is 11.2. The minimum Gasteiger partial charge on any atom is -0.292 e. The van der Waals surface area contributed by atoms with Crippen molar-refractivity contribution < 1.29 is 22.9 Å². The van der Waals surface area contributed by atoms with E-state index in [4.69, 9.17) is 0 Å². The van der Waals surface area contributed by atoms with Gasteiger partial charge in [-0.3, -0.25) is 25.8 Å². The molecule has 0 fully saturated rings. The van der Waals surface area contributed by atoms with Gasteiger partial charge in [0, 0.05) is 11.6 Å². The molecule has 0 saturated heterocycles. The summed E-state index contributed by atoms with van der Waals surface area (Å²) in [7, 11) is 0. The largest absolute Gasteiger partial charge is 0.416 e. The van der Waals surface area contributed by atoms with E-state index in [1.165, 1.54) is 0 Å². The maximum absolute atomic E-state index is 12.7. The molecule has 0 spiro atoms. The van der Waals surface area contributed by atoms with Gasteiger partial charge in [0.05, 0.1) is 10.5 Å². The van der Waals surface area contributed by atoms with Gasteiger partial charge in [0.25, 0.3) is 11.6 Å². The lowest BCUT2D eigenvalue weighted by Gasteiger charge is -2.11. The zero-order valence-electron chi connectivity index (χ0n) is 13.6. The summed E-state index contributed by atoms with van der Waals surface area (Å²) >= 11 is 0. The molecule has 0 atom stereocenters. The van der Waals surface area contributed by atoms with E-state index in [1.807, 2.05) is 24.3 Å². The summed E-state index contributed by atoms with van der Waals surface area (Å²) in [4.78, 5) is 22.3. The van der Waals surface area contributed by atoms with Gasteiger partial charge in [-0.25, -0.2) is 0 Å². The van der Waals surface area contributed by atoms with Gasteiger partial charge >= 0.3 is 6.18 Å². The average Bonchev–Trinajstić information content (AvgIpc) is 2.64. The van der Waals surface area contributed by atoms with Crippen LogP contribution in [0, 0.1) is 10.1 Å². The Kier molecular flexibility index (Phi) is 4.68. The van der Waals surface area contributed by atoms with E-state index in [0.29, 0.717) is 12.1 Å². The first-order valence-electron chi connectivity index (χ1n) is 7.66. The lowest BCUT2D eigenvalue weighted by molar-refractivity contribution is -0.384. The quantitative estimate of drug-likeness (QED) is 0.519. The molecule has 3 rings (SSSR count). The number of anilines is 1. The second-order valence-electron chi connectivity index (χ2n) is 5.63. The Labute approximate surface area is 150 Å². The molecular weight excluding hydrogens is 363 g/mol. The molecular formula is C18H12F3N3O3. The Morgan fingerprint density at radius 2 is 1.67 bits per heavy atom. The molecule has 0 aromatic heterocycles. The summed E-state index contributed by atoms with van der Waals surface area (Å²) in [5.74, 6) is -0.588. The molecule has 2 N–H and O–H groups in total. The van der Waals surface area contributed by atoms with Crippen LogP contribution in [0.5, 0.6) is 0 Å². The van der Waals surface area contributed by atoms with E-state index in [-0.39, 0.29) is 11.3 Å². The van der Waals surface area contributed by atoms with Crippen LogP contribution in [0.4, 0.5) is 24.5 Å². The van der Waals surface area contributed by atoms with Crippen LogP contribution < -0.4 is 10.9 Å². The standard InChI is InChI=1S/C18H12F3N3O3/c19-18(20,21)14-7-8-15(16(10-14)24(26)27)22-23-17(25)13-6-5-11-3-1-2-4-12(11)9-13/h1-10,22H,(H,23,25). The monoisotopic (exact) mass is 375 g/mol. The third-order valence-electron chi connectivity index (χ3n) is 3.84. The number of halogens is 3. The van der Waals surface area contributed by atoms with Gasteiger partial charge in [-0.1, -0.05) is 30.3 Å². The van der Waals surface area contributed by atoms with Gasteiger partial charge < -0.3 is 0 Å². The summed E-state index contributed by atoms with van der Waals surface area (Å²) in [5, 5.41) is 12.8. The Morgan fingerprint density at radius 1 is 0.963 bits per heavy atom. The van der Waals surface area contributed by atoms with E-state index in [9.17, 15) is 28.1 Å². The van der Waals surface area contributed by atoms with Gasteiger partial charge in [-0.05, 0) is 35.0 Å². The number of carbonyl (C=O) groups is 1. The molecule has 3 aromatic rings. The van der Waals surface area contributed by atoms with Crippen LogP contribution in [-0.2, 0) is 6.18 Å². The van der Waals surface area contributed by atoms with Gasteiger partial charge in [0.1, 0.15) is 5.69 Å². The molecule has 0 radical (unpaired) electrons. The molecule has 0 heterocycles. The SMILES string of the molecule is O=C(NNc1ccc(C(F)(F)F)cc1[N+](=O)[O-])c1ccc2ccccc2c1. The molecule has 0 saturated carbocycles. The predicted octanol–water partition coefficient (Wildman–Crippen LogP) is 4.52. The first-order chi connectivity index (χ1) is 12.8. The van der Waals surface area contributed by atoms with Crippen LogP contribution in [0.25, 0.3) is 10.8 Å². The number of fused-ring (bicyclic) bond motifs is 1. The van der Waals surface area contributed by atoms with Crippen LogP contribution >= 0.6 is 0 Å². The predicted molar refractivity (Wildman–Crippen MR) is 93.1 cm³/mol. The molecule has 0 bridgehead atoms. The zero-order valence-corrected chi connectivity index (χ0v) is 13.6. The molecule has 6 nitrogen and oxygen atoms in total. The Bertz CT molecular complexity index is 1040. The molecule has 0 unspecified atom stereocenters. The molecule has 0 aliphatic rings. The topological polar surface area (TPSA) is 84.3 Å². The fraction of sp³-hybridized carbons (Fsp3) is 0.0556. The number of alkyl halides is 3. The van der Waals surface area contributed by atoms with Crippen LogP contribution in [-0.4, -0.2) is 10.8 Å². The van der Waals surface area contributed by atoms with Crippen molar-refractivity contribution in [3.63, 3.8) is 0 Å². The Morgan fingerprint density at radius 3 is 2.33 bits per heavy atom. The Balaban J connectivity index is 1.80. The molecule has 27 heavy (non-hydrogen) atoms. The fourth-order valence-electron chi connectivity index (χ4n) is 2.49. The van der Waals surface area contributed by atoms with Crippen LogP contribution in [0.1, 0.15) is 15.9 Å². The highest BCUT2D eigenvalue weighted by atomic mass is 19.4. The van der Waals surface area contributed by atoms with Crippen molar-refractivity contribution in [1.29, 1.82) is 0 Å². The van der Waals surface area contributed by atoms with E-state index >= 15 is 0 Å². The lowest BCUT2D eigenvalue weighted by Crippen LogP contribution is -2.29. The molecule has 0 aliphatic heterocycles. The van der Waals surface area contributed by atoms with Crippen molar-refractivity contribution in [1.82, 2.24) is 5.43 Å². The number of hydrazine groups is 1. The van der Waals surface area contributed by atoms with Crippen LogP contribution in [0.15, 0.2) is 60.7 Å². The minimum atomic E-state index is -4.71. The van der Waals surface area contributed by atoms with E-state index in [1.54, 1.807) is 18.2 Å². The summed E-state index contributed by atoms with van der Waals surface area (Å²) in [5.41, 5.74) is 2.64. The van der Waals surface area contributed by atoms with Crippen LogP contribution in [0.3, 0.4) is 0 Å². The van der Waals surface area contributed by atoms with Gasteiger partial charge in [-0.15, -0.1) is 0 Å². The third kappa shape index (κ3) is 3.97. The molecule has 138 valence electrons. The van der Waals surface area contributed by atoms with Gasteiger partial charge in [0.15, 0.2) is 0 Å². The van der Waals surface area contributed by atoms with Crippen molar-refractivity contribution in [3.05, 3.63) is 81.9 Å². The highest BCUT2D eigenvalue weighted by Gasteiger charge is 2.33. The number of nitro groups is 1. The number of hydrogen-bond donors (Lipinski definition) is 2. The third-order valence-corrected chi connectivity index (χ3v) is 3.84. The lowest BCUT2D eigenvalue weighted by atomic mass is 10.1. The van der Waals surface area contributed by atoms with Crippen molar-refractivity contribution in [2.45, 2.75) is 6.18 Å². The molecule has 0 aliphatic carbocycles. The maximum atomic E-state index is 12.7. The number of hydrogen-bond acceptors (Lipinski definition) is 4. The average molecular weight is 375 g/mol. The molecule has 3 aromatic carbocycles. The van der Waals surface area contributed by atoms with Crippen molar-refractivity contribution in [2.24, 2.45) is 0 Å². The number of nitro benzene ring substituents is 1. The number of nitrogens with one attached hydrogen (secondary N) is 2. The summed E-state index contributed by atoms with van der Waals surface area (Å²) in [6.45, 7) is 0. The van der Waals surface area contributed by atoms with E-state index in [2.05, 4.69) is 10.9 Å². The second kappa shape index (κ2) is 6.94. The van der Waals surface area contributed by atoms with Crippen molar-refractivity contribution in [3.8, 4) is 0 Å². The summed E-state index contributed by atoms with van der Waals surface area (Å²) in [6, 6.07) is 14.3. The maximum Gasteiger partial charge on any atom is 0.416 e. The molecule has 1 amide bonds. The highest BCUT2D eigenvalue weighted by molar-refractivity contribution is 5.99. The fourth-order valence-corrected chi connectivity index (χ4v) is 2.49. The van der Waals surface area contributed by atoms with Crippen molar-refractivity contribution in [2.75, 3.05) is 5.43 Å². The number of benzene rings is 3. The van der Waals surface area contributed by atoms with Crippen molar-refractivity contribution >= 4 is 28.1 Å². The van der Waals surface area contributed by atoms with Gasteiger partial charge in [-0.2, -0.15) is 13.2 Å². The van der Waals surface area contributed by atoms with Gasteiger partial charge in [0.2, 0.25) is 0 Å². The zero-order chi connectivity index (χ0) is 19.6. The second-order valence-corrected chi connectivity index (χ2v) is 5.63. The summed E-state index contributed by atoms with van der Waals surface area (Å²) < 4.78 is 38.1. The first kappa shape index (κ1) is 18.2. The Hall–Kier alpha value is -3.62. The number of nitrogens with zero attached hydrogens (tertiary/aromatic N) is 1. The number of amides is 1. The highest BCUT2D eigenvalue weighted by Crippen LogP contribution is 2.34. The number of rotatable bonds is 4. The summed E-state index contributed by atoms with van der Waals surface area (Å²) in [6.07, 6.45) is -4.71.